The Balaban J connectivity index is 2.86. The molecule has 0 heterocycles. The number of rotatable bonds is 6. The van der Waals surface area contributed by atoms with Gasteiger partial charge in [0.05, 0.1) is 5.75 Å². The lowest BCUT2D eigenvalue weighted by molar-refractivity contribution is -0.131. The summed E-state index contributed by atoms with van der Waals surface area (Å²) in [6, 6.07) is 3.59. The van der Waals surface area contributed by atoms with Gasteiger partial charge in [-0.1, -0.05) is 0 Å². The van der Waals surface area contributed by atoms with Gasteiger partial charge in [0.1, 0.15) is 12.4 Å². The third-order valence-corrected chi connectivity index (χ3v) is 3.51. The first-order valence-corrected chi connectivity index (χ1v) is 8.08. The van der Waals surface area contributed by atoms with Crippen molar-refractivity contribution in [2.24, 2.45) is 0 Å². The minimum absolute atomic E-state index is 0.0352. The number of ether oxygens (including phenoxy) is 1. The van der Waals surface area contributed by atoms with Crippen molar-refractivity contribution in [2.75, 3.05) is 18.6 Å². The summed E-state index contributed by atoms with van der Waals surface area (Å²) in [4.78, 5) is 10.5. The number of sulfone groups is 1. The van der Waals surface area contributed by atoms with Gasteiger partial charge in [-0.25, -0.2) is 13.2 Å². The molecule has 0 atom stereocenters. The largest absolute Gasteiger partial charge is 0.492 e. The zero-order chi connectivity index (χ0) is 15.3. The molecule has 5 nitrogen and oxygen atoms in total. The first-order valence-electron chi connectivity index (χ1n) is 6.02. The second-order valence-corrected chi connectivity index (χ2v) is 6.89. The van der Waals surface area contributed by atoms with E-state index in [1.807, 2.05) is 13.8 Å². The van der Waals surface area contributed by atoms with Crippen LogP contribution in [0.2, 0.25) is 0 Å². The number of benzene rings is 1. The molecule has 0 radical (unpaired) electrons. The Labute approximate surface area is 118 Å². The van der Waals surface area contributed by atoms with Gasteiger partial charge in [-0.3, -0.25) is 0 Å². The van der Waals surface area contributed by atoms with Crippen LogP contribution in [0, 0.1) is 13.8 Å². The summed E-state index contributed by atoms with van der Waals surface area (Å²) in [5, 5.41) is 8.59. The van der Waals surface area contributed by atoms with Crippen LogP contribution in [0.5, 0.6) is 5.75 Å². The molecule has 0 saturated heterocycles. The molecule has 0 fully saturated rings. The molecule has 6 heteroatoms. The molecule has 0 aromatic heterocycles. The van der Waals surface area contributed by atoms with Crippen LogP contribution in [0.25, 0.3) is 6.08 Å². The Bertz CT molecular complexity index is 606. The fraction of sp³-hybridized carbons (Fsp3) is 0.357. The molecule has 110 valence electrons. The van der Waals surface area contributed by atoms with Crippen molar-refractivity contribution in [3.8, 4) is 5.75 Å². The lowest BCUT2D eigenvalue weighted by atomic mass is 10.1. The van der Waals surface area contributed by atoms with Gasteiger partial charge in [-0.2, -0.15) is 0 Å². The lowest BCUT2D eigenvalue weighted by Gasteiger charge is -2.12. The van der Waals surface area contributed by atoms with E-state index in [1.165, 1.54) is 6.08 Å². The van der Waals surface area contributed by atoms with Crippen LogP contribution in [-0.4, -0.2) is 38.1 Å². The van der Waals surface area contributed by atoms with Crippen molar-refractivity contribution in [2.45, 2.75) is 13.8 Å². The predicted molar refractivity (Wildman–Crippen MR) is 77.8 cm³/mol. The quantitative estimate of drug-likeness (QED) is 0.810. The Morgan fingerprint density at radius 3 is 2.30 bits per heavy atom. The van der Waals surface area contributed by atoms with Crippen molar-refractivity contribution in [3.63, 3.8) is 0 Å². The van der Waals surface area contributed by atoms with E-state index in [0.717, 1.165) is 29.0 Å². The monoisotopic (exact) mass is 298 g/mol. The van der Waals surface area contributed by atoms with E-state index in [9.17, 15) is 13.2 Å². The summed E-state index contributed by atoms with van der Waals surface area (Å²) >= 11 is 0. The molecular formula is C14H18O5S. The molecule has 1 N–H and O–H groups in total. The number of carbonyl (C=O) groups is 1. The highest BCUT2D eigenvalue weighted by Gasteiger charge is 2.08. The van der Waals surface area contributed by atoms with Gasteiger partial charge in [0, 0.05) is 12.3 Å². The lowest BCUT2D eigenvalue weighted by Crippen LogP contribution is -2.13. The van der Waals surface area contributed by atoms with Crippen LogP contribution >= 0.6 is 0 Å². The van der Waals surface area contributed by atoms with Crippen LogP contribution < -0.4 is 4.74 Å². The van der Waals surface area contributed by atoms with Crippen molar-refractivity contribution >= 4 is 21.9 Å². The van der Waals surface area contributed by atoms with Gasteiger partial charge in [0.2, 0.25) is 0 Å². The zero-order valence-corrected chi connectivity index (χ0v) is 12.5. The minimum Gasteiger partial charge on any atom is -0.492 e. The van der Waals surface area contributed by atoms with Crippen LogP contribution in [0.1, 0.15) is 16.7 Å². The highest BCUT2D eigenvalue weighted by Crippen LogP contribution is 2.25. The topological polar surface area (TPSA) is 80.7 Å². The highest BCUT2D eigenvalue weighted by molar-refractivity contribution is 7.90. The normalized spacial score (nSPS) is 11.8. The Kier molecular flexibility index (Phi) is 5.33. The van der Waals surface area contributed by atoms with Gasteiger partial charge >= 0.3 is 5.97 Å². The molecule has 0 unspecified atom stereocenters. The van der Waals surface area contributed by atoms with Gasteiger partial charge in [0.15, 0.2) is 9.84 Å². The SMILES string of the molecule is Cc1cc(/C=C/C(=O)O)cc(C)c1OCCS(C)(=O)=O. The second kappa shape index (κ2) is 6.56. The molecule has 1 aromatic carbocycles. The molecule has 0 bridgehead atoms. The van der Waals surface area contributed by atoms with E-state index in [2.05, 4.69) is 0 Å². The van der Waals surface area contributed by atoms with E-state index in [-0.39, 0.29) is 12.4 Å². The average molecular weight is 298 g/mol. The highest BCUT2D eigenvalue weighted by atomic mass is 32.2. The summed E-state index contributed by atoms with van der Waals surface area (Å²) < 4.78 is 27.6. The van der Waals surface area contributed by atoms with E-state index < -0.39 is 15.8 Å². The van der Waals surface area contributed by atoms with Gasteiger partial charge in [-0.05, 0) is 48.7 Å². The number of hydrogen-bond donors (Lipinski definition) is 1. The van der Waals surface area contributed by atoms with Gasteiger partial charge in [0.25, 0.3) is 0 Å². The standard InChI is InChI=1S/C14H18O5S/c1-10-8-12(4-5-13(15)16)9-11(2)14(10)19-6-7-20(3,17)18/h4-5,8-9H,6-7H2,1-3H3,(H,15,16)/b5-4+. The zero-order valence-electron chi connectivity index (χ0n) is 11.7. The summed E-state index contributed by atoms with van der Waals surface area (Å²) in [6.07, 6.45) is 3.73. The number of aliphatic carboxylic acids is 1. The maximum absolute atomic E-state index is 11.0. The molecular weight excluding hydrogens is 280 g/mol. The van der Waals surface area contributed by atoms with Crippen molar-refractivity contribution in [1.82, 2.24) is 0 Å². The van der Waals surface area contributed by atoms with Crippen LogP contribution in [0.15, 0.2) is 18.2 Å². The van der Waals surface area contributed by atoms with Crippen LogP contribution in [-0.2, 0) is 14.6 Å². The predicted octanol–water partition coefficient (Wildman–Crippen LogP) is 1.82. The van der Waals surface area contributed by atoms with Crippen molar-refractivity contribution in [1.29, 1.82) is 0 Å². The number of carboxylic acids is 1. The molecule has 0 aliphatic heterocycles. The number of hydrogen-bond acceptors (Lipinski definition) is 4. The molecule has 20 heavy (non-hydrogen) atoms. The van der Waals surface area contributed by atoms with Gasteiger partial charge in [-0.15, -0.1) is 0 Å². The van der Waals surface area contributed by atoms with Crippen LogP contribution in [0.4, 0.5) is 0 Å². The summed E-state index contributed by atoms with van der Waals surface area (Å²) in [6.45, 7) is 3.77. The molecule has 0 aliphatic carbocycles. The maximum Gasteiger partial charge on any atom is 0.328 e. The molecule has 0 aliphatic rings. The van der Waals surface area contributed by atoms with E-state index >= 15 is 0 Å². The first kappa shape index (κ1) is 16.2. The smallest absolute Gasteiger partial charge is 0.328 e. The molecule has 0 amide bonds. The number of aryl methyl sites for hydroxylation is 2. The van der Waals surface area contributed by atoms with E-state index in [1.54, 1.807) is 12.1 Å². The fourth-order valence-corrected chi connectivity index (χ4v) is 2.16. The molecule has 0 saturated carbocycles. The summed E-state index contributed by atoms with van der Waals surface area (Å²) in [5.41, 5.74) is 2.44. The second-order valence-electron chi connectivity index (χ2n) is 4.63. The summed E-state index contributed by atoms with van der Waals surface area (Å²) in [5.74, 6) is -0.401. The summed E-state index contributed by atoms with van der Waals surface area (Å²) in [7, 11) is -3.05. The molecule has 0 spiro atoms. The van der Waals surface area contributed by atoms with E-state index in [4.69, 9.17) is 9.84 Å². The van der Waals surface area contributed by atoms with Crippen molar-refractivity contribution in [3.05, 3.63) is 34.9 Å². The maximum atomic E-state index is 11.0. The van der Waals surface area contributed by atoms with E-state index in [0.29, 0.717) is 5.75 Å². The average Bonchev–Trinajstić information content (AvgIpc) is 2.28. The number of carboxylic acid groups (broad SMARTS) is 1. The van der Waals surface area contributed by atoms with Gasteiger partial charge < -0.3 is 9.84 Å². The Morgan fingerprint density at radius 2 is 1.85 bits per heavy atom. The first-order chi connectivity index (χ1) is 9.19. The third-order valence-electron chi connectivity index (χ3n) is 2.60. The third kappa shape index (κ3) is 5.44. The van der Waals surface area contributed by atoms with Crippen molar-refractivity contribution < 1.29 is 23.1 Å². The van der Waals surface area contributed by atoms with Crippen LogP contribution in [0.3, 0.4) is 0 Å². The Hall–Kier alpha value is -1.82. The fourth-order valence-electron chi connectivity index (χ4n) is 1.77. The minimum atomic E-state index is -3.05. The Morgan fingerprint density at radius 1 is 1.30 bits per heavy atom. The molecule has 1 rings (SSSR count). The molecule has 1 aromatic rings.